The summed E-state index contributed by atoms with van der Waals surface area (Å²) in [4.78, 5) is 23.3. The lowest BCUT2D eigenvalue weighted by atomic mass is 10.1. The lowest BCUT2D eigenvalue weighted by Gasteiger charge is -2.14. The first-order chi connectivity index (χ1) is 8.49. The van der Waals surface area contributed by atoms with Gasteiger partial charge >= 0.3 is 5.97 Å². The van der Waals surface area contributed by atoms with Crippen molar-refractivity contribution < 1.29 is 14.7 Å². The second-order valence-electron chi connectivity index (χ2n) is 3.81. The Morgan fingerprint density at radius 1 is 1.28 bits per heavy atom. The van der Waals surface area contributed by atoms with Crippen molar-refractivity contribution in [3.63, 3.8) is 0 Å². The van der Waals surface area contributed by atoms with Gasteiger partial charge in [0.1, 0.15) is 0 Å². The van der Waals surface area contributed by atoms with E-state index in [1.807, 2.05) is 24.3 Å². The normalized spacial score (nSPS) is 10.6. The number of aliphatic carboxylic acids is 1. The van der Waals surface area contributed by atoms with Gasteiger partial charge in [-0.05, 0) is 24.1 Å². The Morgan fingerprint density at radius 2 is 1.89 bits per heavy atom. The Bertz CT molecular complexity index is 454. The van der Waals surface area contributed by atoms with Crippen molar-refractivity contribution in [1.82, 2.24) is 4.90 Å². The second-order valence-corrected chi connectivity index (χ2v) is 4.72. The molecule has 0 fully saturated rings. The molecule has 0 aromatic heterocycles. The van der Waals surface area contributed by atoms with Crippen LogP contribution in [-0.2, 0) is 16.0 Å². The van der Waals surface area contributed by atoms with E-state index in [4.69, 9.17) is 5.11 Å². The van der Waals surface area contributed by atoms with Crippen LogP contribution in [0.4, 0.5) is 0 Å². The fourth-order valence-electron chi connectivity index (χ4n) is 1.33. The molecule has 18 heavy (non-hydrogen) atoms. The molecule has 0 atom stereocenters. The number of benzene rings is 1. The minimum absolute atomic E-state index is 0.311. The van der Waals surface area contributed by atoms with Crippen molar-refractivity contribution in [3.05, 3.63) is 46.5 Å². The Hall–Kier alpha value is -1.62. The van der Waals surface area contributed by atoms with E-state index in [1.54, 1.807) is 7.05 Å². The van der Waals surface area contributed by atoms with Gasteiger partial charge in [-0.15, -0.1) is 0 Å². The summed E-state index contributed by atoms with van der Waals surface area (Å²) in [6.07, 6.45) is 2.64. The van der Waals surface area contributed by atoms with Gasteiger partial charge < -0.3 is 10.0 Å². The average molecular weight is 312 g/mol. The van der Waals surface area contributed by atoms with Crippen molar-refractivity contribution in [2.24, 2.45) is 0 Å². The van der Waals surface area contributed by atoms with Gasteiger partial charge in [-0.1, -0.05) is 28.1 Å². The molecule has 0 unspecified atom stereocenters. The van der Waals surface area contributed by atoms with E-state index in [9.17, 15) is 9.59 Å². The van der Waals surface area contributed by atoms with E-state index in [2.05, 4.69) is 15.9 Å². The van der Waals surface area contributed by atoms with Crippen LogP contribution in [0.1, 0.15) is 5.56 Å². The van der Waals surface area contributed by atoms with Gasteiger partial charge in [0, 0.05) is 30.2 Å². The number of halogens is 1. The van der Waals surface area contributed by atoms with Crippen molar-refractivity contribution in [1.29, 1.82) is 0 Å². The van der Waals surface area contributed by atoms with Crippen LogP contribution in [0.2, 0.25) is 0 Å². The van der Waals surface area contributed by atoms with E-state index in [0.717, 1.165) is 28.6 Å². The molecule has 0 spiro atoms. The van der Waals surface area contributed by atoms with Crippen LogP contribution in [0.25, 0.3) is 0 Å². The van der Waals surface area contributed by atoms with Crippen LogP contribution in [0, 0.1) is 0 Å². The largest absolute Gasteiger partial charge is 0.478 e. The number of carboxylic acids is 1. The number of hydrogen-bond donors (Lipinski definition) is 1. The summed E-state index contributed by atoms with van der Waals surface area (Å²) in [5, 5.41) is 8.42. The van der Waals surface area contributed by atoms with Gasteiger partial charge in [0.25, 0.3) is 0 Å². The number of amides is 1. The standard InChI is InChI=1S/C13H14BrNO3/c1-15(12(16)6-7-13(17)18)9-8-10-2-4-11(14)5-3-10/h2-7H,8-9H2,1H3,(H,17,18)/b7-6+. The predicted octanol–water partition coefficient (Wildman–Crippen LogP) is 2.09. The molecule has 0 heterocycles. The first-order valence-electron chi connectivity index (χ1n) is 5.39. The van der Waals surface area contributed by atoms with E-state index in [-0.39, 0.29) is 5.91 Å². The molecule has 1 aromatic carbocycles. The van der Waals surface area contributed by atoms with Gasteiger partial charge in [0.2, 0.25) is 5.91 Å². The van der Waals surface area contributed by atoms with Crippen LogP contribution >= 0.6 is 15.9 Å². The summed E-state index contributed by atoms with van der Waals surface area (Å²) < 4.78 is 1.01. The van der Waals surface area contributed by atoms with Crippen LogP contribution in [0.3, 0.4) is 0 Å². The number of nitrogens with zero attached hydrogens (tertiary/aromatic N) is 1. The summed E-state index contributed by atoms with van der Waals surface area (Å²) in [6.45, 7) is 0.546. The molecule has 96 valence electrons. The first-order valence-corrected chi connectivity index (χ1v) is 6.19. The molecule has 1 aromatic rings. The van der Waals surface area contributed by atoms with Gasteiger partial charge in [0.05, 0.1) is 0 Å². The Kier molecular flexibility index (Phi) is 5.58. The molecule has 0 aliphatic rings. The van der Waals surface area contributed by atoms with Gasteiger partial charge in [-0.25, -0.2) is 4.79 Å². The molecule has 0 saturated heterocycles. The summed E-state index contributed by atoms with van der Waals surface area (Å²) in [5.74, 6) is -1.43. The molecule has 1 amide bonds. The topological polar surface area (TPSA) is 57.6 Å². The van der Waals surface area contributed by atoms with E-state index in [0.29, 0.717) is 6.54 Å². The smallest absolute Gasteiger partial charge is 0.328 e. The quantitative estimate of drug-likeness (QED) is 0.847. The molecule has 4 nitrogen and oxygen atoms in total. The zero-order valence-electron chi connectivity index (χ0n) is 9.97. The van der Waals surface area contributed by atoms with Crippen molar-refractivity contribution in [3.8, 4) is 0 Å². The lowest BCUT2D eigenvalue weighted by molar-refractivity contribution is -0.132. The highest BCUT2D eigenvalue weighted by molar-refractivity contribution is 9.10. The third-order valence-corrected chi connectivity index (χ3v) is 2.92. The highest BCUT2D eigenvalue weighted by Gasteiger charge is 2.05. The fourth-order valence-corrected chi connectivity index (χ4v) is 1.59. The summed E-state index contributed by atoms with van der Waals surface area (Å²) >= 11 is 3.35. The number of likely N-dealkylation sites (N-methyl/N-ethyl adjacent to an activating group) is 1. The number of hydrogen-bond acceptors (Lipinski definition) is 2. The number of carbonyl (C=O) groups excluding carboxylic acids is 1. The molecule has 0 aliphatic heterocycles. The van der Waals surface area contributed by atoms with Crippen LogP contribution in [0.5, 0.6) is 0 Å². The number of rotatable bonds is 5. The SMILES string of the molecule is CN(CCc1ccc(Br)cc1)C(=O)/C=C/C(=O)O. The molecular formula is C13H14BrNO3. The van der Waals surface area contributed by atoms with Gasteiger partial charge in [-0.3, -0.25) is 4.79 Å². The molecule has 1 rings (SSSR count). The van der Waals surface area contributed by atoms with Crippen molar-refractivity contribution >= 4 is 27.8 Å². The third kappa shape index (κ3) is 5.14. The maximum Gasteiger partial charge on any atom is 0.328 e. The van der Waals surface area contributed by atoms with E-state index < -0.39 is 5.97 Å². The minimum atomic E-state index is -1.12. The molecule has 1 N–H and O–H groups in total. The van der Waals surface area contributed by atoms with E-state index >= 15 is 0 Å². The Morgan fingerprint density at radius 3 is 2.44 bits per heavy atom. The second kappa shape index (κ2) is 6.96. The number of carbonyl (C=O) groups is 2. The van der Waals surface area contributed by atoms with E-state index in [1.165, 1.54) is 4.90 Å². The summed E-state index contributed by atoms with van der Waals surface area (Å²) in [5.41, 5.74) is 1.13. The van der Waals surface area contributed by atoms with Gasteiger partial charge in [-0.2, -0.15) is 0 Å². The highest BCUT2D eigenvalue weighted by atomic mass is 79.9. The molecule has 0 radical (unpaired) electrons. The molecule has 0 bridgehead atoms. The highest BCUT2D eigenvalue weighted by Crippen LogP contribution is 2.11. The lowest BCUT2D eigenvalue weighted by Crippen LogP contribution is -2.27. The third-order valence-electron chi connectivity index (χ3n) is 2.39. The Labute approximate surface area is 114 Å². The Balaban J connectivity index is 2.45. The van der Waals surface area contributed by atoms with Crippen molar-refractivity contribution in [2.75, 3.05) is 13.6 Å². The maximum atomic E-state index is 11.5. The predicted molar refractivity (Wildman–Crippen MR) is 72.3 cm³/mol. The zero-order valence-corrected chi connectivity index (χ0v) is 11.6. The minimum Gasteiger partial charge on any atom is -0.478 e. The average Bonchev–Trinajstić information content (AvgIpc) is 2.34. The molecule has 0 saturated carbocycles. The van der Waals surface area contributed by atoms with Crippen LogP contribution in [-0.4, -0.2) is 35.5 Å². The number of carboxylic acid groups (broad SMARTS) is 1. The summed E-state index contributed by atoms with van der Waals surface area (Å²) in [7, 11) is 1.65. The molecule has 5 heteroatoms. The zero-order chi connectivity index (χ0) is 13.5. The van der Waals surface area contributed by atoms with Crippen LogP contribution < -0.4 is 0 Å². The summed E-state index contributed by atoms with van der Waals surface area (Å²) in [6, 6.07) is 7.86. The fraction of sp³-hybridized carbons (Fsp3) is 0.231. The van der Waals surface area contributed by atoms with Crippen LogP contribution in [0.15, 0.2) is 40.9 Å². The van der Waals surface area contributed by atoms with Gasteiger partial charge in [0.15, 0.2) is 0 Å². The maximum absolute atomic E-state index is 11.5. The first kappa shape index (κ1) is 14.4. The molecule has 0 aliphatic carbocycles. The monoisotopic (exact) mass is 311 g/mol. The van der Waals surface area contributed by atoms with Crippen molar-refractivity contribution in [2.45, 2.75) is 6.42 Å². The molecular weight excluding hydrogens is 298 g/mol.